The van der Waals surface area contributed by atoms with Crippen LogP contribution >= 0.6 is 0 Å². The number of benzene rings is 1. The van der Waals surface area contributed by atoms with Crippen LogP contribution in [0.2, 0.25) is 0 Å². The Labute approximate surface area is 165 Å². The van der Waals surface area contributed by atoms with Crippen molar-refractivity contribution in [2.45, 2.75) is 26.4 Å². The van der Waals surface area contributed by atoms with E-state index in [1.165, 1.54) is 12.1 Å². The molecule has 0 N–H and O–H groups in total. The number of para-hydroxylation sites is 1. The van der Waals surface area contributed by atoms with Crippen LogP contribution in [0.15, 0.2) is 48.9 Å². The second-order valence-electron chi connectivity index (χ2n) is 6.89. The summed E-state index contributed by atoms with van der Waals surface area (Å²) in [6.07, 6.45) is 4.98. The summed E-state index contributed by atoms with van der Waals surface area (Å²) in [5.41, 5.74) is 3.53. The molecule has 0 saturated heterocycles. The van der Waals surface area contributed by atoms with Gasteiger partial charge in [-0.05, 0) is 13.0 Å². The summed E-state index contributed by atoms with van der Waals surface area (Å²) in [6, 6.07) is 8.03. The quantitative estimate of drug-likeness (QED) is 0.477. The van der Waals surface area contributed by atoms with Crippen LogP contribution in [-0.2, 0) is 7.05 Å². The largest absolute Gasteiger partial charge is 0.435 e. The van der Waals surface area contributed by atoms with Gasteiger partial charge in [0.2, 0.25) is 0 Å². The van der Waals surface area contributed by atoms with Crippen LogP contribution in [0.1, 0.15) is 29.8 Å². The van der Waals surface area contributed by atoms with Crippen molar-refractivity contribution >= 4 is 5.65 Å². The molecule has 1 atom stereocenters. The number of hydrogen-bond donors (Lipinski definition) is 0. The Kier molecular flexibility index (Phi) is 4.77. The van der Waals surface area contributed by atoms with Crippen LogP contribution in [0.25, 0.3) is 16.8 Å². The number of aryl methyl sites for hydroxylation is 2. The predicted octanol–water partition coefficient (Wildman–Crippen LogP) is 4.94. The summed E-state index contributed by atoms with van der Waals surface area (Å²) in [4.78, 5) is 4.46. The van der Waals surface area contributed by atoms with E-state index >= 15 is 0 Å². The van der Waals surface area contributed by atoms with E-state index in [0.717, 1.165) is 5.69 Å². The first-order chi connectivity index (χ1) is 13.8. The molecular weight excluding hydrogens is 381 g/mol. The van der Waals surface area contributed by atoms with Crippen LogP contribution in [0.5, 0.6) is 5.75 Å². The van der Waals surface area contributed by atoms with Crippen LogP contribution in [-0.4, -0.2) is 25.8 Å². The van der Waals surface area contributed by atoms with Gasteiger partial charge in [-0.15, -0.1) is 0 Å². The summed E-state index contributed by atoms with van der Waals surface area (Å²) < 4.78 is 48.5. The topological polar surface area (TPSA) is 44.4 Å². The number of aromatic nitrogens is 4. The number of alkyl halides is 2. The lowest BCUT2D eigenvalue weighted by molar-refractivity contribution is -0.0505. The van der Waals surface area contributed by atoms with Crippen molar-refractivity contribution in [3.05, 3.63) is 71.7 Å². The van der Waals surface area contributed by atoms with Crippen molar-refractivity contribution in [2.24, 2.45) is 7.05 Å². The fraction of sp³-hybridized carbons (Fsp3) is 0.238. The molecule has 0 fully saturated rings. The van der Waals surface area contributed by atoms with Crippen molar-refractivity contribution < 1.29 is 17.9 Å². The molecule has 0 aliphatic carbocycles. The van der Waals surface area contributed by atoms with Gasteiger partial charge in [0, 0.05) is 48.1 Å². The minimum atomic E-state index is -2.92. The third kappa shape index (κ3) is 3.46. The van der Waals surface area contributed by atoms with E-state index < -0.39 is 12.4 Å². The van der Waals surface area contributed by atoms with E-state index in [1.54, 1.807) is 52.9 Å². The van der Waals surface area contributed by atoms with E-state index in [-0.39, 0.29) is 11.7 Å². The maximum Gasteiger partial charge on any atom is 0.387 e. The first-order valence-corrected chi connectivity index (χ1v) is 9.06. The van der Waals surface area contributed by atoms with Crippen LogP contribution in [0.4, 0.5) is 13.2 Å². The molecule has 29 heavy (non-hydrogen) atoms. The van der Waals surface area contributed by atoms with Crippen molar-refractivity contribution in [1.29, 1.82) is 0 Å². The molecule has 4 aromatic rings. The van der Waals surface area contributed by atoms with Gasteiger partial charge in [0.15, 0.2) is 0 Å². The molecule has 150 valence electrons. The number of nitrogens with zero attached hydrogens (tertiary/aromatic N) is 4. The normalized spacial score (nSPS) is 12.7. The molecule has 1 unspecified atom stereocenters. The molecule has 0 aliphatic heterocycles. The Bertz CT molecular complexity index is 1180. The maximum absolute atomic E-state index is 14.7. The summed E-state index contributed by atoms with van der Waals surface area (Å²) in [6.45, 7) is 0.784. The van der Waals surface area contributed by atoms with Gasteiger partial charge < -0.3 is 9.14 Å². The Morgan fingerprint density at radius 3 is 2.59 bits per heavy atom. The molecule has 0 aliphatic rings. The minimum absolute atomic E-state index is 0.110. The van der Waals surface area contributed by atoms with E-state index in [0.29, 0.717) is 28.0 Å². The number of halogens is 3. The lowest BCUT2D eigenvalue weighted by Gasteiger charge is -2.18. The Morgan fingerprint density at radius 1 is 1.14 bits per heavy atom. The van der Waals surface area contributed by atoms with E-state index in [1.807, 2.05) is 13.8 Å². The average molecular weight is 400 g/mol. The molecule has 1 aromatic carbocycles. The number of hydrogen-bond acceptors (Lipinski definition) is 3. The van der Waals surface area contributed by atoms with E-state index in [4.69, 9.17) is 4.74 Å². The molecule has 0 amide bonds. The number of ether oxygens (including phenoxy) is 1. The molecule has 0 saturated carbocycles. The maximum atomic E-state index is 14.7. The summed E-state index contributed by atoms with van der Waals surface area (Å²) in [5, 5.41) is 4.10. The number of pyridine rings is 1. The standard InChI is InChI=1S/C21H19F3N4O/c1-12(15-6-4-5-7-18(15)29-21(23)24)20-13(2)26-19-8-17(22)16(11-28(19)20)14-9-25-27(3)10-14/h4-12,21H,1-3H3. The SMILES string of the molecule is Cc1nc2cc(F)c(-c3cnn(C)c3)cn2c1C(C)c1ccccc1OC(F)F. The van der Waals surface area contributed by atoms with Crippen LogP contribution < -0.4 is 4.74 Å². The third-order valence-electron chi connectivity index (χ3n) is 4.96. The zero-order valence-corrected chi connectivity index (χ0v) is 16.1. The third-order valence-corrected chi connectivity index (χ3v) is 4.96. The molecule has 3 heterocycles. The summed E-state index contributed by atoms with van der Waals surface area (Å²) >= 11 is 0. The minimum Gasteiger partial charge on any atom is -0.435 e. The van der Waals surface area contributed by atoms with Crippen molar-refractivity contribution in [2.75, 3.05) is 0 Å². The van der Waals surface area contributed by atoms with Crippen molar-refractivity contribution in [3.63, 3.8) is 0 Å². The Balaban J connectivity index is 1.87. The van der Waals surface area contributed by atoms with Crippen molar-refractivity contribution in [3.8, 4) is 16.9 Å². The highest BCUT2D eigenvalue weighted by Gasteiger charge is 2.23. The fourth-order valence-corrected chi connectivity index (χ4v) is 3.68. The second kappa shape index (κ2) is 7.27. The van der Waals surface area contributed by atoms with Gasteiger partial charge in [0.25, 0.3) is 0 Å². The molecular formula is C21H19F3N4O. The Morgan fingerprint density at radius 2 is 1.90 bits per heavy atom. The monoisotopic (exact) mass is 400 g/mol. The first-order valence-electron chi connectivity index (χ1n) is 9.06. The lowest BCUT2D eigenvalue weighted by atomic mass is 9.95. The molecule has 4 rings (SSSR count). The molecule has 8 heteroatoms. The zero-order chi connectivity index (χ0) is 20.7. The lowest BCUT2D eigenvalue weighted by Crippen LogP contribution is -2.08. The molecule has 0 spiro atoms. The first kappa shape index (κ1) is 19.0. The van der Waals surface area contributed by atoms with Gasteiger partial charge in [-0.3, -0.25) is 4.68 Å². The number of imidazole rings is 1. The van der Waals surface area contributed by atoms with E-state index in [2.05, 4.69) is 10.1 Å². The predicted molar refractivity (Wildman–Crippen MR) is 103 cm³/mol. The van der Waals surface area contributed by atoms with Gasteiger partial charge in [-0.1, -0.05) is 25.1 Å². The molecule has 5 nitrogen and oxygen atoms in total. The van der Waals surface area contributed by atoms with Crippen molar-refractivity contribution in [1.82, 2.24) is 19.2 Å². The van der Waals surface area contributed by atoms with Crippen LogP contribution in [0, 0.1) is 12.7 Å². The highest BCUT2D eigenvalue weighted by molar-refractivity contribution is 5.65. The van der Waals surface area contributed by atoms with Crippen LogP contribution in [0.3, 0.4) is 0 Å². The van der Waals surface area contributed by atoms with Gasteiger partial charge >= 0.3 is 6.61 Å². The summed E-state index contributed by atoms with van der Waals surface area (Å²) in [5.74, 6) is -0.609. The smallest absolute Gasteiger partial charge is 0.387 e. The molecule has 0 radical (unpaired) electrons. The number of rotatable bonds is 5. The molecule has 0 bridgehead atoms. The Hall–Kier alpha value is -3.29. The van der Waals surface area contributed by atoms with Gasteiger partial charge in [-0.25, -0.2) is 9.37 Å². The zero-order valence-electron chi connectivity index (χ0n) is 16.1. The van der Waals surface area contributed by atoms with Gasteiger partial charge in [0.1, 0.15) is 17.2 Å². The fourth-order valence-electron chi connectivity index (χ4n) is 3.68. The summed E-state index contributed by atoms with van der Waals surface area (Å²) in [7, 11) is 1.76. The highest BCUT2D eigenvalue weighted by atomic mass is 19.3. The average Bonchev–Trinajstić information content (AvgIpc) is 3.22. The second-order valence-corrected chi connectivity index (χ2v) is 6.89. The number of fused-ring (bicyclic) bond motifs is 1. The molecule has 3 aromatic heterocycles. The van der Waals surface area contributed by atoms with Gasteiger partial charge in [-0.2, -0.15) is 13.9 Å². The van der Waals surface area contributed by atoms with E-state index in [9.17, 15) is 13.2 Å². The highest BCUT2D eigenvalue weighted by Crippen LogP contribution is 2.35. The van der Waals surface area contributed by atoms with Gasteiger partial charge in [0.05, 0.1) is 17.6 Å².